The van der Waals surface area contributed by atoms with E-state index in [9.17, 15) is 13.2 Å². The molecule has 0 saturated carbocycles. The van der Waals surface area contributed by atoms with Crippen LogP contribution in [0, 0.1) is 0 Å². The van der Waals surface area contributed by atoms with E-state index in [1.165, 1.54) is 6.07 Å². The van der Waals surface area contributed by atoms with E-state index >= 15 is 0 Å². The van der Waals surface area contributed by atoms with Crippen molar-refractivity contribution in [2.24, 2.45) is 0 Å². The van der Waals surface area contributed by atoms with Crippen molar-refractivity contribution in [3.05, 3.63) is 83.2 Å². The fraction of sp³-hybridized carbons (Fsp3) is 0.120. The van der Waals surface area contributed by atoms with E-state index in [1.54, 1.807) is 52.3 Å². The van der Waals surface area contributed by atoms with Gasteiger partial charge in [-0.2, -0.15) is 9.61 Å². The minimum absolute atomic E-state index is 0.00699. The topological polar surface area (TPSA) is 106 Å². The minimum atomic E-state index is -3.84. The molecule has 0 radical (unpaired) electrons. The van der Waals surface area contributed by atoms with Gasteiger partial charge in [-0.1, -0.05) is 24.3 Å². The summed E-state index contributed by atoms with van der Waals surface area (Å²) in [6, 6.07) is 19.4. The van der Waals surface area contributed by atoms with Gasteiger partial charge in [0.05, 0.1) is 15.5 Å². The fourth-order valence-electron chi connectivity index (χ4n) is 4.20. The number of aryl methyl sites for hydroxylation is 1. The molecule has 5 aromatic rings. The molecule has 0 aliphatic heterocycles. The molecule has 3 heterocycles. The van der Waals surface area contributed by atoms with Crippen molar-refractivity contribution in [1.82, 2.24) is 19.8 Å². The second kappa shape index (κ2) is 8.40. The summed E-state index contributed by atoms with van der Waals surface area (Å²) in [7, 11) is -3.84. The highest BCUT2D eigenvalue weighted by molar-refractivity contribution is 7.92. The first-order valence-electron chi connectivity index (χ1n) is 11.0. The first kappa shape index (κ1) is 21.6. The monoisotopic (exact) mass is 501 g/mol. The number of carbonyl (C=O) groups excluding carboxylic acids is 1. The molecule has 3 aromatic heterocycles. The molecule has 10 heteroatoms. The Balaban J connectivity index is 1.27. The second-order valence-corrected chi connectivity index (χ2v) is 10.9. The number of hydrogen-bond acceptors (Lipinski definition) is 7. The van der Waals surface area contributed by atoms with Crippen LogP contribution in [-0.2, 0) is 16.4 Å². The number of carbonyl (C=O) groups is 1. The number of thiophene rings is 1. The Labute approximate surface area is 205 Å². The Bertz CT molecular complexity index is 1670. The van der Waals surface area contributed by atoms with Gasteiger partial charge in [0.25, 0.3) is 10.0 Å². The number of aromatic nitrogens is 4. The van der Waals surface area contributed by atoms with Crippen LogP contribution in [0.2, 0.25) is 0 Å². The smallest absolute Gasteiger partial charge is 0.261 e. The number of fused-ring (bicyclic) bond motifs is 2. The van der Waals surface area contributed by atoms with Crippen molar-refractivity contribution >= 4 is 38.5 Å². The van der Waals surface area contributed by atoms with E-state index in [0.29, 0.717) is 34.8 Å². The first-order chi connectivity index (χ1) is 17.0. The zero-order chi connectivity index (χ0) is 24.0. The maximum Gasteiger partial charge on any atom is 0.261 e. The van der Waals surface area contributed by atoms with Crippen LogP contribution >= 0.6 is 11.3 Å². The van der Waals surface area contributed by atoms with Crippen molar-refractivity contribution in [2.45, 2.75) is 24.2 Å². The van der Waals surface area contributed by atoms with Crippen LogP contribution in [-0.4, -0.2) is 34.0 Å². The first-order valence-corrected chi connectivity index (χ1v) is 13.4. The van der Waals surface area contributed by atoms with Crippen LogP contribution in [0.1, 0.15) is 28.8 Å². The van der Waals surface area contributed by atoms with E-state index in [4.69, 9.17) is 0 Å². The third kappa shape index (κ3) is 4.00. The molecule has 0 atom stereocenters. The Kier molecular flexibility index (Phi) is 5.19. The van der Waals surface area contributed by atoms with Crippen LogP contribution in [0.3, 0.4) is 0 Å². The number of nitrogens with one attached hydrogen (secondary N) is 1. The van der Waals surface area contributed by atoms with Crippen LogP contribution in [0.5, 0.6) is 0 Å². The third-order valence-electron chi connectivity index (χ3n) is 5.98. The Hall–Kier alpha value is -3.89. The molecule has 0 amide bonds. The Morgan fingerprint density at radius 1 is 0.943 bits per heavy atom. The lowest BCUT2D eigenvalue weighted by Gasteiger charge is -2.16. The second-order valence-electron chi connectivity index (χ2n) is 8.27. The summed E-state index contributed by atoms with van der Waals surface area (Å²) in [6.07, 6.45) is 2.05. The lowest BCUT2D eigenvalue weighted by molar-refractivity contribution is 0.0972. The maximum atomic E-state index is 13.0. The number of Topliss-reactive ketones (excluding diaryl/α,β-unsaturated/α-hetero) is 1. The molecular weight excluding hydrogens is 482 g/mol. The van der Waals surface area contributed by atoms with E-state index in [0.717, 1.165) is 28.8 Å². The van der Waals surface area contributed by atoms with Crippen LogP contribution in [0.25, 0.3) is 27.6 Å². The average molecular weight is 502 g/mol. The normalized spacial score (nSPS) is 13.7. The summed E-state index contributed by atoms with van der Waals surface area (Å²) < 4.78 is 30.2. The number of hydrogen-bond donors (Lipinski definition) is 1. The molecule has 1 aliphatic carbocycles. The van der Waals surface area contributed by atoms with Crippen molar-refractivity contribution in [1.29, 1.82) is 0 Å². The van der Waals surface area contributed by atoms with Crippen molar-refractivity contribution in [2.75, 3.05) is 4.72 Å². The van der Waals surface area contributed by atoms with Gasteiger partial charge in [-0.15, -0.1) is 21.5 Å². The van der Waals surface area contributed by atoms with Gasteiger partial charge in [0.1, 0.15) is 0 Å². The highest BCUT2D eigenvalue weighted by atomic mass is 32.2. The molecule has 1 aliphatic rings. The standard InChI is InChI=1S/C25H19N5O3S2/c31-22-4-1-3-16-8-11-19(15-20(16)22)35(32,33)29-18-9-6-17(7-10-18)21-12-13-24-26-27-25(30(24)28-21)23-5-2-14-34-23/h2,5-15,29H,1,3-4H2. The van der Waals surface area contributed by atoms with Gasteiger partial charge in [0.2, 0.25) is 0 Å². The number of ketones is 1. The predicted molar refractivity (Wildman–Crippen MR) is 134 cm³/mol. The van der Waals surface area contributed by atoms with E-state index in [1.807, 2.05) is 29.6 Å². The third-order valence-corrected chi connectivity index (χ3v) is 8.22. The van der Waals surface area contributed by atoms with E-state index in [-0.39, 0.29) is 10.7 Å². The molecular formula is C25H19N5O3S2. The van der Waals surface area contributed by atoms with E-state index in [2.05, 4.69) is 20.0 Å². The molecule has 2 aromatic carbocycles. The average Bonchev–Trinajstić information content (AvgIpc) is 3.54. The minimum Gasteiger partial charge on any atom is -0.294 e. The number of anilines is 1. The summed E-state index contributed by atoms with van der Waals surface area (Å²) in [4.78, 5) is 13.3. The van der Waals surface area contributed by atoms with Gasteiger partial charge >= 0.3 is 0 Å². The summed E-state index contributed by atoms with van der Waals surface area (Å²) in [6.45, 7) is 0. The summed E-state index contributed by atoms with van der Waals surface area (Å²) in [5, 5.41) is 15.1. The molecule has 174 valence electrons. The molecule has 0 fully saturated rings. The zero-order valence-electron chi connectivity index (χ0n) is 18.4. The van der Waals surface area contributed by atoms with E-state index < -0.39 is 10.0 Å². The van der Waals surface area contributed by atoms with Gasteiger partial charge in [-0.25, -0.2) is 8.42 Å². The Morgan fingerprint density at radius 2 is 1.80 bits per heavy atom. The predicted octanol–water partition coefficient (Wildman–Crippen LogP) is 4.84. The van der Waals surface area contributed by atoms with Crippen molar-refractivity contribution in [3.8, 4) is 22.0 Å². The van der Waals surface area contributed by atoms with Gasteiger partial charge in [0.15, 0.2) is 17.3 Å². The lowest BCUT2D eigenvalue weighted by Crippen LogP contribution is -2.16. The molecule has 0 saturated heterocycles. The number of benzene rings is 2. The number of nitrogens with zero attached hydrogens (tertiary/aromatic N) is 4. The van der Waals surface area contributed by atoms with Crippen molar-refractivity contribution < 1.29 is 13.2 Å². The van der Waals surface area contributed by atoms with Gasteiger partial charge in [-0.3, -0.25) is 9.52 Å². The van der Waals surface area contributed by atoms with Crippen LogP contribution in [0.4, 0.5) is 5.69 Å². The fourth-order valence-corrected chi connectivity index (χ4v) is 5.98. The summed E-state index contributed by atoms with van der Waals surface area (Å²) in [5.41, 5.74) is 4.00. The molecule has 0 unspecified atom stereocenters. The maximum absolute atomic E-state index is 13.0. The molecule has 35 heavy (non-hydrogen) atoms. The number of rotatable bonds is 5. The molecule has 0 spiro atoms. The van der Waals surface area contributed by atoms with Crippen molar-refractivity contribution in [3.63, 3.8) is 0 Å². The highest BCUT2D eigenvalue weighted by Crippen LogP contribution is 2.27. The summed E-state index contributed by atoms with van der Waals surface area (Å²) in [5.74, 6) is 0.664. The van der Waals surface area contributed by atoms with Gasteiger partial charge < -0.3 is 0 Å². The lowest BCUT2D eigenvalue weighted by atomic mass is 9.91. The molecule has 6 rings (SSSR count). The van der Waals surface area contributed by atoms with Crippen LogP contribution in [0.15, 0.2) is 77.0 Å². The SMILES string of the molecule is O=C1CCCc2ccc(S(=O)(=O)Nc3ccc(-c4ccc5nnc(-c6cccs6)n5n4)cc3)cc21. The highest BCUT2D eigenvalue weighted by Gasteiger charge is 2.22. The summed E-state index contributed by atoms with van der Waals surface area (Å²) >= 11 is 1.56. The number of sulfonamides is 1. The van der Waals surface area contributed by atoms with Crippen LogP contribution < -0.4 is 4.72 Å². The quantitative estimate of drug-likeness (QED) is 0.369. The molecule has 8 nitrogen and oxygen atoms in total. The van der Waals surface area contributed by atoms with Gasteiger partial charge in [0, 0.05) is 23.2 Å². The molecule has 1 N–H and O–H groups in total. The van der Waals surface area contributed by atoms with Gasteiger partial charge in [-0.05, 0) is 66.2 Å². The Morgan fingerprint density at radius 3 is 2.60 bits per heavy atom. The molecule has 0 bridgehead atoms. The largest absolute Gasteiger partial charge is 0.294 e. The zero-order valence-corrected chi connectivity index (χ0v) is 20.0.